The first-order chi connectivity index (χ1) is 8.54. The molecule has 102 valence electrons. The SMILES string of the molecule is CC(C)CNC(=O)C(C)n1cc(CCCO)nn1. The van der Waals surface area contributed by atoms with Crippen LogP contribution in [0.2, 0.25) is 0 Å². The summed E-state index contributed by atoms with van der Waals surface area (Å²) >= 11 is 0. The van der Waals surface area contributed by atoms with Gasteiger partial charge in [-0.05, 0) is 25.7 Å². The zero-order valence-electron chi connectivity index (χ0n) is 11.3. The Hall–Kier alpha value is -1.43. The molecule has 1 amide bonds. The van der Waals surface area contributed by atoms with Gasteiger partial charge in [-0.2, -0.15) is 0 Å². The Balaban J connectivity index is 2.52. The monoisotopic (exact) mass is 254 g/mol. The zero-order chi connectivity index (χ0) is 13.5. The number of aromatic nitrogens is 3. The van der Waals surface area contributed by atoms with Crippen LogP contribution in [0, 0.1) is 5.92 Å². The highest BCUT2D eigenvalue weighted by atomic mass is 16.2. The number of aliphatic hydroxyl groups is 1. The van der Waals surface area contributed by atoms with Crippen molar-refractivity contribution in [2.45, 2.75) is 39.7 Å². The molecule has 1 heterocycles. The number of hydrogen-bond donors (Lipinski definition) is 2. The minimum absolute atomic E-state index is 0.0534. The van der Waals surface area contributed by atoms with Crippen LogP contribution in [0.5, 0.6) is 0 Å². The van der Waals surface area contributed by atoms with Crippen molar-refractivity contribution in [2.24, 2.45) is 5.92 Å². The zero-order valence-corrected chi connectivity index (χ0v) is 11.3. The van der Waals surface area contributed by atoms with Crippen molar-refractivity contribution in [2.75, 3.05) is 13.2 Å². The average molecular weight is 254 g/mol. The molecule has 0 spiro atoms. The van der Waals surface area contributed by atoms with Gasteiger partial charge in [0.15, 0.2) is 0 Å². The molecule has 1 aromatic heterocycles. The first-order valence-corrected chi connectivity index (χ1v) is 6.34. The van der Waals surface area contributed by atoms with Gasteiger partial charge < -0.3 is 10.4 Å². The molecule has 1 rings (SSSR count). The molecule has 0 aliphatic rings. The van der Waals surface area contributed by atoms with Gasteiger partial charge in [0.05, 0.1) is 5.69 Å². The van der Waals surface area contributed by atoms with Crippen molar-refractivity contribution in [3.8, 4) is 0 Å². The van der Waals surface area contributed by atoms with Crippen molar-refractivity contribution in [1.82, 2.24) is 20.3 Å². The lowest BCUT2D eigenvalue weighted by Gasteiger charge is -2.13. The third-order valence-electron chi connectivity index (χ3n) is 2.61. The van der Waals surface area contributed by atoms with E-state index in [4.69, 9.17) is 5.11 Å². The van der Waals surface area contributed by atoms with E-state index in [1.165, 1.54) is 0 Å². The van der Waals surface area contributed by atoms with Crippen molar-refractivity contribution < 1.29 is 9.90 Å². The van der Waals surface area contributed by atoms with E-state index < -0.39 is 0 Å². The van der Waals surface area contributed by atoms with Crippen molar-refractivity contribution in [3.05, 3.63) is 11.9 Å². The number of carbonyl (C=O) groups is 1. The van der Waals surface area contributed by atoms with E-state index in [2.05, 4.69) is 15.6 Å². The van der Waals surface area contributed by atoms with Gasteiger partial charge in [-0.15, -0.1) is 5.10 Å². The minimum atomic E-state index is -0.362. The summed E-state index contributed by atoms with van der Waals surface area (Å²) in [5.41, 5.74) is 0.799. The Kier molecular flexibility index (Phi) is 5.77. The van der Waals surface area contributed by atoms with Crippen LogP contribution in [0.1, 0.15) is 38.9 Å². The molecule has 0 fully saturated rings. The summed E-state index contributed by atoms with van der Waals surface area (Å²) in [6.45, 7) is 6.69. The van der Waals surface area contributed by atoms with Crippen LogP contribution >= 0.6 is 0 Å². The molecule has 0 aromatic carbocycles. The Labute approximate surface area is 107 Å². The molecule has 2 N–H and O–H groups in total. The highest BCUT2D eigenvalue weighted by Crippen LogP contribution is 2.06. The Bertz CT molecular complexity index is 376. The van der Waals surface area contributed by atoms with Gasteiger partial charge in [-0.25, -0.2) is 4.68 Å². The van der Waals surface area contributed by atoms with Gasteiger partial charge in [0.1, 0.15) is 6.04 Å². The number of aryl methyl sites for hydroxylation is 1. The van der Waals surface area contributed by atoms with Crippen molar-refractivity contribution >= 4 is 5.91 Å². The van der Waals surface area contributed by atoms with Crippen molar-refractivity contribution in [3.63, 3.8) is 0 Å². The molecule has 0 aliphatic carbocycles. The maximum absolute atomic E-state index is 11.8. The normalized spacial score (nSPS) is 12.7. The van der Waals surface area contributed by atoms with E-state index in [1.807, 2.05) is 13.8 Å². The van der Waals surface area contributed by atoms with E-state index in [0.717, 1.165) is 5.69 Å². The summed E-state index contributed by atoms with van der Waals surface area (Å²) in [5.74, 6) is 0.374. The number of carbonyl (C=O) groups excluding carboxylic acids is 1. The molecule has 6 heteroatoms. The Morgan fingerprint density at radius 2 is 2.22 bits per heavy atom. The van der Waals surface area contributed by atoms with Gasteiger partial charge in [0.25, 0.3) is 0 Å². The lowest BCUT2D eigenvalue weighted by Crippen LogP contribution is -2.33. The lowest BCUT2D eigenvalue weighted by molar-refractivity contribution is -0.124. The summed E-state index contributed by atoms with van der Waals surface area (Å²) in [4.78, 5) is 11.8. The first-order valence-electron chi connectivity index (χ1n) is 6.34. The predicted molar refractivity (Wildman–Crippen MR) is 68.0 cm³/mol. The molecule has 1 aromatic rings. The highest BCUT2D eigenvalue weighted by Gasteiger charge is 2.16. The van der Waals surface area contributed by atoms with E-state index in [1.54, 1.807) is 17.8 Å². The smallest absolute Gasteiger partial charge is 0.244 e. The largest absolute Gasteiger partial charge is 0.396 e. The minimum Gasteiger partial charge on any atom is -0.396 e. The fourth-order valence-electron chi connectivity index (χ4n) is 1.45. The molecule has 1 unspecified atom stereocenters. The van der Waals surface area contributed by atoms with Crippen LogP contribution in [0.15, 0.2) is 6.20 Å². The second-order valence-electron chi connectivity index (χ2n) is 4.83. The van der Waals surface area contributed by atoms with Crippen LogP contribution in [0.4, 0.5) is 0 Å². The summed E-state index contributed by atoms with van der Waals surface area (Å²) < 4.78 is 1.56. The summed E-state index contributed by atoms with van der Waals surface area (Å²) in [6, 6.07) is -0.362. The number of rotatable bonds is 7. The lowest BCUT2D eigenvalue weighted by atomic mass is 10.2. The Morgan fingerprint density at radius 3 is 2.83 bits per heavy atom. The van der Waals surface area contributed by atoms with Crippen molar-refractivity contribution in [1.29, 1.82) is 0 Å². The maximum atomic E-state index is 11.8. The van der Waals surface area contributed by atoms with E-state index >= 15 is 0 Å². The highest BCUT2D eigenvalue weighted by molar-refractivity contribution is 5.79. The molecule has 6 nitrogen and oxygen atoms in total. The number of aliphatic hydroxyl groups excluding tert-OH is 1. The van der Waals surface area contributed by atoms with Crippen LogP contribution in [-0.2, 0) is 11.2 Å². The topological polar surface area (TPSA) is 80.0 Å². The maximum Gasteiger partial charge on any atom is 0.244 e. The Morgan fingerprint density at radius 1 is 1.50 bits per heavy atom. The molecule has 0 radical (unpaired) electrons. The quantitative estimate of drug-likeness (QED) is 0.744. The van der Waals surface area contributed by atoms with Gasteiger partial charge in [-0.3, -0.25) is 4.79 Å². The molecule has 0 saturated heterocycles. The fraction of sp³-hybridized carbons (Fsp3) is 0.750. The molecule has 0 saturated carbocycles. The number of amides is 1. The predicted octanol–water partition coefficient (Wildman–Crippen LogP) is 0.536. The standard InChI is InChI=1S/C12H22N4O2/c1-9(2)7-13-12(18)10(3)16-8-11(14-15-16)5-4-6-17/h8-10,17H,4-7H2,1-3H3,(H,13,18). The molecular weight excluding hydrogens is 232 g/mol. The van der Waals surface area contributed by atoms with Gasteiger partial charge >= 0.3 is 0 Å². The molecular formula is C12H22N4O2. The average Bonchev–Trinajstić information content (AvgIpc) is 2.81. The third kappa shape index (κ3) is 4.44. The van der Waals surface area contributed by atoms with Gasteiger partial charge in [0.2, 0.25) is 5.91 Å². The molecule has 1 atom stereocenters. The molecule has 0 aliphatic heterocycles. The molecule has 0 bridgehead atoms. The van der Waals surface area contributed by atoms with Crippen LogP contribution < -0.4 is 5.32 Å². The van der Waals surface area contributed by atoms with E-state index in [9.17, 15) is 4.79 Å². The van der Waals surface area contributed by atoms with Gasteiger partial charge in [-0.1, -0.05) is 19.1 Å². The molecule has 18 heavy (non-hydrogen) atoms. The first kappa shape index (κ1) is 14.6. The second kappa shape index (κ2) is 7.10. The number of hydrogen-bond acceptors (Lipinski definition) is 4. The number of nitrogens with zero attached hydrogens (tertiary/aromatic N) is 3. The van der Waals surface area contributed by atoms with E-state index in [-0.39, 0.29) is 18.6 Å². The number of nitrogens with one attached hydrogen (secondary N) is 1. The van der Waals surface area contributed by atoms with Crippen LogP contribution in [-0.4, -0.2) is 39.2 Å². The fourth-order valence-corrected chi connectivity index (χ4v) is 1.45. The third-order valence-corrected chi connectivity index (χ3v) is 2.61. The second-order valence-corrected chi connectivity index (χ2v) is 4.83. The summed E-state index contributed by atoms with van der Waals surface area (Å²) in [7, 11) is 0. The van der Waals surface area contributed by atoms with Crippen LogP contribution in [0.3, 0.4) is 0 Å². The summed E-state index contributed by atoms with van der Waals surface area (Å²) in [6.07, 6.45) is 3.10. The van der Waals surface area contributed by atoms with Gasteiger partial charge in [0, 0.05) is 19.3 Å². The summed E-state index contributed by atoms with van der Waals surface area (Å²) in [5, 5.41) is 19.5. The van der Waals surface area contributed by atoms with E-state index in [0.29, 0.717) is 25.3 Å². The van der Waals surface area contributed by atoms with Crippen LogP contribution in [0.25, 0.3) is 0 Å².